The molecule has 0 spiro atoms. The number of aliphatic imine (C=N–C) groups is 1. The Morgan fingerprint density at radius 2 is 1.55 bits per heavy atom. The number of carbonyl (C=O) groups is 1. The smallest absolute Gasteiger partial charge is 0.253 e. The quantitative estimate of drug-likeness (QED) is 0.654. The number of hydrogen-bond acceptors (Lipinski definition) is 2. The minimum Gasteiger partial charge on any atom is -0.457 e. The van der Waals surface area contributed by atoms with Crippen molar-refractivity contribution < 1.29 is 9.53 Å². The first-order chi connectivity index (χ1) is 9.63. The third-order valence-corrected chi connectivity index (χ3v) is 2.51. The van der Waals surface area contributed by atoms with Crippen LogP contribution >= 0.6 is 0 Å². The Morgan fingerprint density at radius 3 is 2.15 bits per heavy atom. The summed E-state index contributed by atoms with van der Waals surface area (Å²) in [5.74, 6) is 0.867. The zero-order valence-corrected chi connectivity index (χ0v) is 10.8. The first-order valence-corrected chi connectivity index (χ1v) is 6.08. The van der Waals surface area contributed by atoms with Gasteiger partial charge >= 0.3 is 0 Å². The van der Waals surface area contributed by atoms with E-state index in [1.807, 2.05) is 30.3 Å². The van der Waals surface area contributed by atoms with Gasteiger partial charge in [0.25, 0.3) is 5.91 Å². The maximum atomic E-state index is 11.4. The standard InChI is InChI=1S/C15H15N3O2/c16-15(17)18-14(19)10-11-6-8-13(9-7-11)20-12-4-2-1-3-5-12/h1-9H,10H2,(H4,16,17,18,19). The number of nitrogens with zero attached hydrogens (tertiary/aromatic N) is 1. The van der Waals surface area contributed by atoms with Crippen molar-refractivity contribution in [3.63, 3.8) is 0 Å². The molecule has 0 aliphatic heterocycles. The number of hydrogen-bond donors (Lipinski definition) is 2. The molecule has 0 aromatic heterocycles. The van der Waals surface area contributed by atoms with Gasteiger partial charge in [-0.05, 0) is 29.8 Å². The van der Waals surface area contributed by atoms with Crippen molar-refractivity contribution in [3.8, 4) is 11.5 Å². The summed E-state index contributed by atoms with van der Waals surface area (Å²) in [6.07, 6.45) is 0.156. The van der Waals surface area contributed by atoms with Gasteiger partial charge in [-0.2, -0.15) is 4.99 Å². The highest BCUT2D eigenvalue weighted by atomic mass is 16.5. The number of carbonyl (C=O) groups excluding carboxylic acids is 1. The second kappa shape index (κ2) is 6.38. The number of para-hydroxylation sites is 1. The number of rotatable bonds is 4. The van der Waals surface area contributed by atoms with Crippen LogP contribution in [0.1, 0.15) is 5.56 Å². The largest absolute Gasteiger partial charge is 0.457 e. The lowest BCUT2D eigenvalue weighted by Gasteiger charge is -2.06. The van der Waals surface area contributed by atoms with Crippen LogP contribution in [0.2, 0.25) is 0 Å². The van der Waals surface area contributed by atoms with Crippen LogP contribution in [-0.4, -0.2) is 11.9 Å². The second-order valence-corrected chi connectivity index (χ2v) is 4.17. The Balaban J connectivity index is 2.00. The number of benzene rings is 2. The number of nitrogens with two attached hydrogens (primary N) is 2. The van der Waals surface area contributed by atoms with E-state index in [1.165, 1.54) is 0 Å². The summed E-state index contributed by atoms with van der Waals surface area (Å²) in [5, 5.41) is 0. The highest BCUT2D eigenvalue weighted by Gasteiger charge is 2.03. The molecule has 0 unspecified atom stereocenters. The Labute approximate surface area is 116 Å². The number of ether oxygens (including phenoxy) is 1. The predicted octanol–water partition coefficient (Wildman–Crippen LogP) is 1.82. The van der Waals surface area contributed by atoms with Gasteiger partial charge in [0.1, 0.15) is 11.5 Å². The fourth-order valence-electron chi connectivity index (χ4n) is 1.66. The van der Waals surface area contributed by atoms with Crippen LogP contribution < -0.4 is 16.2 Å². The van der Waals surface area contributed by atoms with Crippen molar-refractivity contribution >= 4 is 11.9 Å². The molecule has 2 aromatic carbocycles. The maximum Gasteiger partial charge on any atom is 0.253 e. The molecule has 0 heterocycles. The minimum absolute atomic E-state index is 0.156. The van der Waals surface area contributed by atoms with E-state index in [9.17, 15) is 4.79 Å². The maximum absolute atomic E-state index is 11.4. The lowest BCUT2D eigenvalue weighted by molar-refractivity contribution is -0.117. The number of amides is 1. The van der Waals surface area contributed by atoms with Gasteiger partial charge in [-0.25, -0.2) is 0 Å². The van der Waals surface area contributed by atoms with Crippen molar-refractivity contribution in [2.75, 3.05) is 0 Å². The Morgan fingerprint density at radius 1 is 0.950 bits per heavy atom. The zero-order valence-electron chi connectivity index (χ0n) is 10.8. The highest BCUT2D eigenvalue weighted by Crippen LogP contribution is 2.21. The third kappa shape index (κ3) is 4.13. The average Bonchev–Trinajstić information content (AvgIpc) is 2.41. The van der Waals surface area contributed by atoms with E-state index in [1.54, 1.807) is 24.3 Å². The third-order valence-electron chi connectivity index (χ3n) is 2.51. The van der Waals surface area contributed by atoms with Crippen LogP contribution in [0.15, 0.2) is 59.6 Å². The molecule has 0 fully saturated rings. The summed E-state index contributed by atoms with van der Waals surface area (Å²) >= 11 is 0. The van der Waals surface area contributed by atoms with Gasteiger partial charge in [-0.15, -0.1) is 0 Å². The Hall–Kier alpha value is -2.82. The van der Waals surface area contributed by atoms with Gasteiger partial charge in [-0.1, -0.05) is 30.3 Å². The Kier molecular flexibility index (Phi) is 4.34. The summed E-state index contributed by atoms with van der Waals surface area (Å²) in [7, 11) is 0. The van der Waals surface area contributed by atoms with Crippen molar-refractivity contribution in [2.45, 2.75) is 6.42 Å². The van der Waals surface area contributed by atoms with E-state index in [0.29, 0.717) is 5.75 Å². The van der Waals surface area contributed by atoms with Crippen LogP contribution in [0, 0.1) is 0 Å². The topological polar surface area (TPSA) is 90.7 Å². The van der Waals surface area contributed by atoms with E-state index in [-0.39, 0.29) is 18.3 Å². The SMILES string of the molecule is NC(N)=NC(=O)Cc1ccc(Oc2ccccc2)cc1. The molecule has 102 valence electrons. The lowest BCUT2D eigenvalue weighted by Crippen LogP contribution is -2.24. The molecule has 0 saturated heterocycles. The summed E-state index contributed by atoms with van der Waals surface area (Å²) in [4.78, 5) is 14.9. The summed E-state index contributed by atoms with van der Waals surface area (Å²) in [6.45, 7) is 0. The van der Waals surface area contributed by atoms with Crippen LogP contribution in [0.4, 0.5) is 0 Å². The van der Waals surface area contributed by atoms with Crippen molar-refractivity contribution in [2.24, 2.45) is 16.5 Å². The molecular weight excluding hydrogens is 254 g/mol. The van der Waals surface area contributed by atoms with Crippen molar-refractivity contribution in [3.05, 3.63) is 60.2 Å². The normalized spacial score (nSPS) is 9.80. The second-order valence-electron chi connectivity index (χ2n) is 4.17. The fourth-order valence-corrected chi connectivity index (χ4v) is 1.66. The van der Waals surface area contributed by atoms with E-state index in [2.05, 4.69) is 4.99 Å². The molecule has 0 aliphatic rings. The van der Waals surface area contributed by atoms with E-state index in [0.717, 1.165) is 11.3 Å². The lowest BCUT2D eigenvalue weighted by atomic mass is 10.1. The molecule has 0 radical (unpaired) electrons. The first kappa shape index (κ1) is 13.6. The molecule has 0 atom stereocenters. The average molecular weight is 269 g/mol. The molecule has 2 aromatic rings. The number of guanidine groups is 1. The van der Waals surface area contributed by atoms with Gasteiger partial charge in [0, 0.05) is 0 Å². The van der Waals surface area contributed by atoms with Crippen molar-refractivity contribution in [1.29, 1.82) is 0 Å². The molecule has 20 heavy (non-hydrogen) atoms. The summed E-state index contributed by atoms with van der Waals surface area (Å²) in [6, 6.07) is 16.7. The van der Waals surface area contributed by atoms with Crippen molar-refractivity contribution in [1.82, 2.24) is 0 Å². The molecule has 0 aliphatic carbocycles. The molecule has 2 rings (SSSR count). The van der Waals surface area contributed by atoms with E-state index >= 15 is 0 Å². The molecule has 4 N–H and O–H groups in total. The van der Waals surface area contributed by atoms with Gasteiger partial charge in [0.05, 0.1) is 6.42 Å². The minimum atomic E-state index is -0.373. The molecular formula is C15H15N3O2. The fraction of sp³-hybridized carbons (Fsp3) is 0.0667. The summed E-state index contributed by atoms with van der Waals surface area (Å²) < 4.78 is 5.65. The van der Waals surface area contributed by atoms with Crippen LogP contribution in [-0.2, 0) is 11.2 Å². The first-order valence-electron chi connectivity index (χ1n) is 6.08. The van der Waals surface area contributed by atoms with Crippen LogP contribution in [0.25, 0.3) is 0 Å². The van der Waals surface area contributed by atoms with Gasteiger partial charge < -0.3 is 16.2 Å². The summed E-state index contributed by atoms with van der Waals surface area (Å²) in [5.41, 5.74) is 11.1. The van der Waals surface area contributed by atoms with E-state index < -0.39 is 0 Å². The highest BCUT2D eigenvalue weighted by molar-refractivity contribution is 5.92. The van der Waals surface area contributed by atoms with Gasteiger partial charge in [0.15, 0.2) is 5.96 Å². The van der Waals surface area contributed by atoms with Crippen LogP contribution in [0.3, 0.4) is 0 Å². The molecule has 0 saturated carbocycles. The molecule has 5 nitrogen and oxygen atoms in total. The van der Waals surface area contributed by atoms with Gasteiger partial charge in [0.2, 0.25) is 0 Å². The molecule has 1 amide bonds. The van der Waals surface area contributed by atoms with Gasteiger partial charge in [-0.3, -0.25) is 4.79 Å². The molecule has 0 bridgehead atoms. The predicted molar refractivity (Wildman–Crippen MR) is 77.5 cm³/mol. The Bertz CT molecular complexity index is 603. The zero-order chi connectivity index (χ0) is 14.4. The monoisotopic (exact) mass is 269 g/mol. The molecule has 5 heteroatoms. The van der Waals surface area contributed by atoms with Crippen LogP contribution in [0.5, 0.6) is 11.5 Å². The van der Waals surface area contributed by atoms with E-state index in [4.69, 9.17) is 16.2 Å².